The molecule has 0 atom stereocenters. The smallest absolute Gasteiger partial charge is 0.179 e. The largest absolute Gasteiger partial charge is 0.456 e. The highest BCUT2D eigenvalue weighted by molar-refractivity contribution is 7.19. The van der Waals surface area contributed by atoms with E-state index in [1.807, 2.05) is 12.1 Å². The van der Waals surface area contributed by atoms with E-state index in [9.17, 15) is 0 Å². The number of benzene rings is 9. The fourth-order valence-corrected chi connectivity index (χ4v) is 13.2. The number of rotatable bonds is 8. The summed E-state index contributed by atoms with van der Waals surface area (Å²) >= 11 is 0. The van der Waals surface area contributed by atoms with E-state index in [0.29, 0.717) is 0 Å². The van der Waals surface area contributed by atoms with Gasteiger partial charge in [-0.3, -0.25) is 0 Å². The van der Waals surface area contributed by atoms with Gasteiger partial charge < -0.3 is 9.32 Å². The summed E-state index contributed by atoms with van der Waals surface area (Å²) in [6.07, 6.45) is 0. The van der Waals surface area contributed by atoms with Gasteiger partial charge in [-0.1, -0.05) is 170 Å². The molecule has 10 aromatic rings. The Kier molecular flexibility index (Phi) is 8.20. The standard InChI is InChI=1S/C52H37NOSi/c1-5-15-41(16-6-1)53(42-30-27-38(28-31-42)40-26-25-39-29-36-51-52(49(39)37-40)48-23-13-14-24-50(48)54-51)43-32-34-47(35-33-43)55(44-17-7-2-8-18-44,45-19-9-3-10-20-45)46-21-11-4-12-22-46/h1-37H. The zero-order valence-electron chi connectivity index (χ0n) is 30.2. The highest BCUT2D eigenvalue weighted by atomic mass is 28.3. The SMILES string of the molecule is c1ccc(N(c2ccc(-c3ccc4ccc5oc6ccccc6c5c4c3)cc2)c2ccc([Si](c3ccccc3)(c3ccccc3)c3ccccc3)cc2)cc1. The van der Waals surface area contributed by atoms with Gasteiger partial charge in [0.15, 0.2) is 8.07 Å². The van der Waals surface area contributed by atoms with E-state index in [4.69, 9.17) is 4.42 Å². The third kappa shape index (κ3) is 5.65. The average molecular weight is 720 g/mol. The maximum absolute atomic E-state index is 6.22. The van der Waals surface area contributed by atoms with Crippen LogP contribution >= 0.6 is 0 Å². The topological polar surface area (TPSA) is 16.4 Å². The summed E-state index contributed by atoms with van der Waals surface area (Å²) in [7, 11) is -2.63. The van der Waals surface area contributed by atoms with Crippen molar-refractivity contribution in [3.63, 3.8) is 0 Å². The Balaban J connectivity index is 1.07. The molecule has 0 saturated heterocycles. The molecule has 0 aliphatic heterocycles. The number of hydrogen-bond acceptors (Lipinski definition) is 2. The summed E-state index contributed by atoms with van der Waals surface area (Å²) in [5.41, 5.74) is 7.51. The van der Waals surface area contributed by atoms with E-state index in [0.717, 1.165) is 33.6 Å². The van der Waals surface area contributed by atoms with Crippen LogP contribution in [0.5, 0.6) is 0 Å². The maximum atomic E-state index is 6.22. The monoisotopic (exact) mass is 719 g/mol. The van der Waals surface area contributed by atoms with Gasteiger partial charge in [0.1, 0.15) is 11.2 Å². The minimum Gasteiger partial charge on any atom is -0.456 e. The Labute approximate surface area is 322 Å². The molecule has 0 aliphatic carbocycles. The molecule has 0 radical (unpaired) electrons. The van der Waals surface area contributed by atoms with Crippen molar-refractivity contribution in [2.75, 3.05) is 4.90 Å². The van der Waals surface area contributed by atoms with Gasteiger partial charge in [0.25, 0.3) is 0 Å². The van der Waals surface area contributed by atoms with Crippen molar-refractivity contribution in [3.05, 3.63) is 224 Å². The van der Waals surface area contributed by atoms with Crippen molar-refractivity contribution in [1.29, 1.82) is 0 Å². The molecule has 10 rings (SSSR count). The summed E-state index contributed by atoms with van der Waals surface area (Å²) in [5.74, 6) is 0. The molecule has 2 nitrogen and oxygen atoms in total. The molecule has 3 heteroatoms. The molecule has 0 aliphatic rings. The Morgan fingerprint density at radius 1 is 0.327 bits per heavy atom. The van der Waals surface area contributed by atoms with E-state index in [1.54, 1.807) is 0 Å². The number of furan rings is 1. The summed E-state index contributed by atoms with van der Waals surface area (Å²) < 4.78 is 6.22. The molecule has 0 saturated carbocycles. The van der Waals surface area contributed by atoms with Crippen molar-refractivity contribution in [2.24, 2.45) is 0 Å². The Morgan fingerprint density at radius 3 is 1.38 bits per heavy atom. The first-order valence-electron chi connectivity index (χ1n) is 18.8. The van der Waals surface area contributed by atoms with Crippen LogP contribution in [0.15, 0.2) is 229 Å². The second kappa shape index (κ2) is 13.8. The van der Waals surface area contributed by atoms with E-state index in [2.05, 4.69) is 217 Å². The van der Waals surface area contributed by atoms with Crippen LogP contribution in [-0.2, 0) is 0 Å². The first-order valence-corrected chi connectivity index (χ1v) is 20.8. The molecule has 9 aromatic carbocycles. The number of anilines is 3. The Morgan fingerprint density at radius 2 is 0.782 bits per heavy atom. The minimum absolute atomic E-state index is 0.918. The van der Waals surface area contributed by atoms with Crippen LogP contribution in [0, 0.1) is 0 Å². The van der Waals surface area contributed by atoms with Gasteiger partial charge in [-0.25, -0.2) is 0 Å². The predicted molar refractivity (Wildman–Crippen MR) is 235 cm³/mol. The van der Waals surface area contributed by atoms with Crippen molar-refractivity contribution >= 4 is 78.6 Å². The van der Waals surface area contributed by atoms with Crippen LogP contribution in [-0.4, -0.2) is 8.07 Å². The van der Waals surface area contributed by atoms with Gasteiger partial charge in [0, 0.05) is 27.8 Å². The lowest BCUT2D eigenvalue weighted by atomic mass is 9.98. The molecule has 55 heavy (non-hydrogen) atoms. The molecule has 260 valence electrons. The molecule has 0 fully saturated rings. The van der Waals surface area contributed by atoms with Crippen LogP contribution in [0.25, 0.3) is 43.8 Å². The van der Waals surface area contributed by atoms with Crippen molar-refractivity contribution in [2.45, 2.75) is 0 Å². The summed E-state index contributed by atoms with van der Waals surface area (Å²) in [6, 6.07) is 81.6. The molecular formula is C52H37NOSi. The number of hydrogen-bond donors (Lipinski definition) is 0. The van der Waals surface area contributed by atoms with Gasteiger partial charge in [-0.2, -0.15) is 0 Å². The zero-order valence-corrected chi connectivity index (χ0v) is 31.2. The van der Waals surface area contributed by atoms with Gasteiger partial charge in [-0.15, -0.1) is 0 Å². The van der Waals surface area contributed by atoms with E-state index in [-0.39, 0.29) is 0 Å². The average Bonchev–Trinajstić information content (AvgIpc) is 3.66. The quantitative estimate of drug-likeness (QED) is 0.115. The van der Waals surface area contributed by atoms with Crippen LogP contribution in [0.1, 0.15) is 0 Å². The van der Waals surface area contributed by atoms with Gasteiger partial charge >= 0.3 is 0 Å². The lowest BCUT2D eigenvalue weighted by molar-refractivity contribution is 0.669. The number of nitrogens with zero attached hydrogens (tertiary/aromatic N) is 1. The van der Waals surface area contributed by atoms with Crippen molar-refractivity contribution in [1.82, 2.24) is 0 Å². The van der Waals surface area contributed by atoms with Crippen LogP contribution < -0.4 is 25.6 Å². The molecule has 0 unspecified atom stereocenters. The minimum atomic E-state index is -2.63. The predicted octanol–water partition coefficient (Wildman–Crippen LogP) is 11.3. The lowest BCUT2D eigenvalue weighted by Crippen LogP contribution is -2.74. The zero-order chi connectivity index (χ0) is 36.6. The van der Waals surface area contributed by atoms with Gasteiger partial charge in [0.2, 0.25) is 0 Å². The third-order valence-corrected chi connectivity index (χ3v) is 15.8. The van der Waals surface area contributed by atoms with E-state index < -0.39 is 8.07 Å². The molecule has 0 bridgehead atoms. The number of fused-ring (bicyclic) bond motifs is 5. The van der Waals surface area contributed by atoms with Crippen molar-refractivity contribution < 1.29 is 4.42 Å². The molecule has 1 heterocycles. The molecular weight excluding hydrogens is 683 g/mol. The fourth-order valence-electron chi connectivity index (χ4n) is 8.47. The van der Waals surface area contributed by atoms with Gasteiger partial charge in [0.05, 0.1) is 0 Å². The molecule has 0 spiro atoms. The van der Waals surface area contributed by atoms with Crippen molar-refractivity contribution in [3.8, 4) is 11.1 Å². The van der Waals surface area contributed by atoms with Crippen LogP contribution in [0.3, 0.4) is 0 Å². The molecule has 1 aromatic heterocycles. The van der Waals surface area contributed by atoms with Gasteiger partial charge in [-0.05, 0) is 97.2 Å². The lowest BCUT2D eigenvalue weighted by Gasteiger charge is -2.35. The Hall–Kier alpha value is -6.94. The van der Waals surface area contributed by atoms with E-state index >= 15 is 0 Å². The maximum Gasteiger partial charge on any atom is 0.179 e. The second-order valence-corrected chi connectivity index (χ2v) is 17.9. The first kappa shape index (κ1) is 32.7. The second-order valence-electron chi connectivity index (χ2n) is 14.1. The molecule has 0 amide bonds. The third-order valence-electron chi connectivity index (χ3n) is 11.0. The Bertz CT molecular complexity index is 2790. The normalized spacial score (nSPS) is 11.6. The van der Waals surface area contributed by atoms with Crippen LogP contribution in [0.4, 0.5) is 17.1 Å². The van der Waals surface area contributed by atoms with E-state index in [1.165, 1.54) is 48.0 Å². The fraction of sp³-hybridized carbons (Fsp3) is 0. The van der Waals surface area contributed by atoms with Crippen LogP contribution in [0.2, 0.25) is 0 Å². The summed E-state index contributed by atoms with van der Waals surface area (Å²) in [4.78, 5) is 2.35. The summed E-state index contributed by atoms with van der Waals surface area (Å²) in [5, 5.41) is 10.2. The molecule has 0 N–H and O–H groups in total. The summed E-state index contributed by atoms with van der Waals surface area (Å²) in [6.45, 7) is 0. The number of para-hydroxylation sites is 2. The first-order chi connectivity index (χ1) is 27.3. The highest BCUT2D eigenvalue weighted by Crippen LogP contribution is 2.38. The highest BCUT2D eigenvalue weighted by Gasteiger charge is 2.41.